The van der Waals surface area contributed by atoms with Crippen LogP contribution in [0.25, 0.3) is 6.08 Å². The summed E-state index contributed by atoms with van der Waals surface area (Å²) in [6.45, 7) is 5.27. The van der Waals surface area contributed by atoms with Gasteiger partial charge in [0.05, 0.1) is 6.61 Å². The average molecular weight is 551 g/mol. The molecule has 0 spiro atoms. The molecule has 0 unspecified atom stereocenters. The quantitative estimate of drug-likeness (QED) is 0.0562. The van der Waals surface area contributed by atoms with Gasteiger partial charge in [-0.15, -0.1) is 11.8 Å². The molecule has 2 aromatic carbocycles. The first kappa shape index (κ1) is 33.2. The van der Waals surface area contributed by atoms with Crippen molar-refractivity contribution in [3.05, 3.63) is 65.7 Å². The van der Waals surface area contributed by atoms with Crippen molar-refractivity contribution in [1.82, 2.24) is 0 Å². The van der Waals surface area contributed by atoms with Gasteiger partial charge in [-0.1, -0.05) is 128 Å². The van der Waals surface area contributed by atoms with Crippen molar-refractivity contribution in [3.63, 3.8) is 0 Å². The van der Waals surface area contributed by atoms with Crippen LogP contribution in [0.3, 0.4) is 0 Å². The number of ether oxygens (including phenoxy) is 1. The van der Waals surface area contributed by atoms with E-state index in [1.807, 2.05) is 66.4 Å². The monoisotopic (exact) mass is 550 g/mol. The molecule has 216 valence electrons. The standard InChI is InChI=1S/C36H54O2S/c1-3-5-7-8-9-10-11-12-13-14-15-16-17-18-19-30-38-34-25-20-32(21-26-34)22-29-36(37)33-23-27-35(28-24-33)39-31-6-4-2/h20-29H,3-19,30-31H2,1-2H3. The molecule has 2 nitrogen and oxygen atoms in total. The molecule has 0 bridgehead atoms. The number of thioether (sulfide) groups is 1. The van der Waals surface area contributed by atoms with Crippen molar-refractivity contribution in [1.29, 1.82) is 0 Å². The highest BCUT2D eigenvalue weighted by atomic mass is 32.2. The van der Waals surface area contributed by atoms with Crippen molar-refractivity contribution in [2.24, 2.45) is 0 Å². The number of carbonyl (C=O) groups is 1. The van der Waals surface area contributed by atoms with Crippen molar-refractivity contribution < 1.29 is 9.53 Å². The molecule has 0 saturated heterocycles. The molecule has 2 rings (SSSR count). The molecule has 0 amide bonds. The van der Waals surface area contributed by atoms with Crippen LogP contribution in [-0.4, -0.2) is 18.1 Å². The molecule has 0 aliphatic carbocycles. The van der Waals surface area contributed by atoms with Crippen LogP contribution in [0.15, 0.2) is 59.5 Å². The van der Waals surface area contributed by atoms with Gasteiger partial charge in [0.25, 0.3) is 0 Å². The van der Waals surface area contributed by atoms with E-state index in [1.54, 1.807) is 6.08 Å². The first-order valence-corrected chi connectivity index (χ1v) is 16.9. The van der Waals surface area contributed by atoms with E-state index in [9.17, 15) is 4.79 Å². The fourth-order valence-corrected chi connectivity index (χ4v) is 5.65. The Kier molecular flexibility index (Phi) is 19.4. The predicted octanol–water partition coefficient (Wildman–Crippen LogP) is 11.7. The van der Waals surface area contributed by atoms with Crippen molar-refractivity contribution in [2.75, 3.05) is 12.4 Å². The van der Waals surface area contributed by atoms with E-state index < -0.39 is 0 Å². The summed E-state index contributed by atoms with van der Waals surface area (Å²) in [7, 11) is 0. The van der Waals surface area contributed by atoms with Gasteiger partial charge in [-0.25, -0.2) is 0 Å². The zero-order valence-corrected chi connectivity index (χ0v) is 25.7. The average Bonchev–Trinajstić information content (AvgIpc) is 2.97. The van der Waals surface area contributed by atoms with Crippen LogP contribution in [0, 0.1) is 0 Å². The Hall–Kier alpha value is -2.00. The van der Waals surface area contributed by atoms with E-state index in [1.165, 1.54) is 108 Å². The molecule has 0 saturated carbocycles. The maximum absolute atomic E-state index is 12.5. The molecule has 0 aromatic heterocycles. The van der Waals surface area contributed by atoms with Crippen LogP contribution < -0.4 is 4.74 Å². The third-order valence-corrected chi connectivity index (χ3v) is 8.33. The van der Waals surface area contributed by atoms with Gasteiger partial charge in [0.1, 0.15) is 5.75 Å². The normalized spacial score (nSPS) is 11.3. The molecule has 0 aliphatic rings. The minimum Gasteiger partial charge on any atom is -0.494 e. The molecule has 0 N–H and O–H groups in total. The topological polar surface area (TPSA) is 26.3 Å². The number of allylic oxidation sites excluding steroid dienone is 1. The summed E-state index contributed by atoms with van der Waals surface area (Å²) in [6, 6.07) is 16.0. The molecule has 0 radical (unpaired) electrons. The lowest BCUT2D eigenvalue weighted by Crippen LogP contribution is -1.97. The summed E-state index contributed by atoms with van der Waals surface area (Å²) in [5.41, 5.74) is 1.74. The van der Waals surface area contributed by atoms with Gasteiger partial charge in [-0.2, -0.15) is 0 Å². The predicted molar refractivity (Wildman–Crippen MR) is 172 cm³/mol. The summed E-state index contributed by atoms with van der Waals surface area (Å²) in [4.78, 5) is 13.7. The Labute approximate surface area is 244 Å². The molecule has 3 heteroatoms. The van der Waals surface area contributed by atoms with Gasteiger partial charge in [-0.3, -0.25) is 4.79 Å². The third kappa shape index (κ3) is 16.6. The van der Waals surface area contributed by atoms with Crippen LogP contribution in [0.4, 0.5) is 0 Å². The maximum atomic E-state index is 12.5. The van der Waals surface area contributed by atoms with Crippen LogP contribution >= 0.6 is 11.8 Å². The second-order valence-electron chi connectivity index (χ2n) is 10.8. The molecule has 2 aromatic rings. The number of hydrogen-bond donors (Lipinski definition) is 0. The second-order valence-corrected chi connectivity index (χ2v) is 12.0. The van der Waals surface area contributed by atoms with Gasteiger partial charge in [-0.05, 0) is 66.6 Å². The van der Waals surface area contributed by atoms with E-state index in [2.05, 4.69) is 13.8 Å². The van der Waals surface area contributed by atoms with E-state index in [-0.39, 0.29) is 5.78 Å². The summed E-state index contributed by atoms with van der Waals surface area (Å²) in [5.74, 6) is 2.07. The van der Waals surface area contributed by atoms with E-state index in [0.717, 1.165) is 35.7 Å². The van der Waals surface area contributed by atoms with Crippen molar-refractivity contribution >= 4 is 23.6 Å². The zero-order valence-electron chi connectivity index (χ0n) is 24.9. The van der Waals surface area contributed by atoms with E-state index in [0.29, 0.717) is 0 Å². The number of hydrogen-bond acceptors (Lipinski definition) is 3. The van der Waals surface area contributed by atoms with Gasteiger partial charge in [0, 0.05) is 10.5 Å². The zero-order chi connectivity index (χ0) is 27.8. The Morgan fingerprint density at radius 1 is 0.641 bits per heavy atom. The first-order chi connectivity index (χ1) is 19.2. The van der Waals surface area contributed by atoms with Crippen LogP contribution in [0.2, 0.25) is 0 Å². The number of carbonyl (C=O) groups excluding carboxylic acids is 1. The van der Waals surface area contributed by atoms with Gasteiger partial charge in [0.2, 0.25) is 0 Å². The smallest absolute Gasteiger partial charge is 0.185 e. The van der Waals surface area contributed by atoms with Crippen LogP contribution in [0.1, 0.15) is 139 Å². The number of benzene rings is 2. The molecular formula is C36H54O2S. The summed E-state index contributed by atoms with van der Waals surface area (Å²) in [5, 5.41) is 0. The van der Waals surface area contributed by atoms with Crippen LogP contribution in [0.5, 0.6) is 5.75 Å². The lowest BCUT2D eigenvalue weighted by Gasteiger charge is -2.07. The Morgan fingerprint density at radius 2 is 1.15 bits per heavy atom. The number of rotatable bonds is 24. The Balaban J connectivity index is 1.48. The number of ketones is 1. The highest BCUT2D eigenvalue weighted by Gasteiger charge is 2.03. The maximum Gasteiger partial charge on any atom is 0.185 e. The lowest BCUT2D eigenvalue weighted by molar-refractivity contribution is 0.104. The molecule has 39 heavy (non-hydrogen) atoms. The highest BCUT2D eigenvalue weighted by Crippen LogP contribution is 2.21. The van der Waals surface area contributed by atoms with Gasteiger partial charge >= 0.3 is 0 Å². The summed E-state index contributed by atoms with van der Waals surface area (Å²) < 4.78 is 5.92. The molecule has 0 aliphatic heterocycles. The largest absolute Gasteiger partial charge is 0.494 e. The van der Waals surface area contributed by atoms with Crippen LogP contribution in [-0.2, 0) is 0 Å². The fraction of sp³-hybridized carbons (Fsp3) is 0.583. The van der Waals surface area contributed by atoms with Gasteiger partial charge in [0.15, 0.2) is 5.78 Å². The SMILES string of the molecule is CCCCCCCCCCCCCCCCCOc1ccc(C=CC(=O)c2ccc(SCCCC)cc2)cc1. The lowest BCUT2D eigenvalue weighted by atomic mass is 10.0. The summed E-state index contributed by atoms with van der Waals surface area (Å²) in [6.07, 6.45) is 26.6. The van der Waals surface area contributed by atoms with Crippen molar-refractivity contribution in [3.8, 4) is 5.75 Å². The highest BCUT2D eigenvalue weighted by molar-refractivity contribution is 7.99. The minimum atomic E-state index is 0.0357. The fourth-order valence-electron chi connectivity index (χ4n) is 4.66. The van der Waals surface area contributed by atoms with E-state index >= 15 is 0 Å². The minimum absolute atomic E-state index is 0.0357. The van der Waals surface area contributed by atoms with Gasteiger partial charge < -0.3 is 4.74 Å². The molecule has 0 heterocycles. The van der Waals surface area contributed by atoms with E-state index in [4.69, 9.17) is 4.74 Å². The van der Waals surface area contributed by atoms with Crippen molar-refractivity contribution in [2.45, 2.75) is 128 Å². The molecular weight excluding hydrogens is 496 g/mol. The third-order valence-electron chi connectivity index (χ3n) is 7.23. The first-order valence-electron chi connectivity index (χ1n) is 15.9. The Bertz CT molecular complexity index is 885. The molecule has 0 atom stereocenters. The number of unbranched alkanes of at least 4 members (excludes halogenated alkanes) is 15. The Morgan fingerprint density at radius 3 is 1.69 bits per heavy atom. The second kappa shape index (κ2) is 22.8. The molecule has 0 fully saturated rings. The summed E-state index contributed by atoms with van der Waals surface area (Å²) >= 11 is 1.85.